The molecule has 0 unspecified atom stereocenters. The first-order chi connectivity index (χ1) is 20.2. The average Bonchev–Trinajstić information content (AvgIpc) is 3.56. The molecule has 0 radical (unpaired) electrons. The van der Waals surface area contributed by atoms with Crippen molar-refractivity contribution in [2.45, 2.75) is 52.6 Å². The maximum atomic E-state index is 12.1. The van der Waals surface area contributed by atoms with Gasteiger partial charge in [-0.3, -0.25) is 9.59 Å². The van der Waals surface area contributed by atoms with Crippen LogP contribution in [0.5, 0.6) is 0 Å². The van der Waals surface area contributed by atoms with Crippen molar-refractivity contribution in [2.24, 2.45) is 0 Å². The van der Waals surface area contributed by atoms with Crippen LogP contribution in [-0.2, 0) is 22.7 Å². The third-order valence-corrected chi connectivity index (χ3v) is 10.4. The van der Waals surface area contributed by atoms with E-state index >= 15 is 0 Å². The van der Waals surface area contributed by atoms with E-state index in [1.165, 1.54) is 65.0 Å². The SMILES string of the molecule is C=CC(=O)N1Cc2sc(C)cc2[C@@H](c2ccccc2C)C1.C=CC(=O)N1Cc2sc(C)cc2[C@H](c2ccccc2C)C1. The highest BCUT2D eigenvalue weighted by Crippen LogP contribution is 2.40. The van der Waals surface area contributed by atoms with Crippen LogP contribution in [0.15, 0.2) is 86.0 Å². The van der Waals surface area contributed by atoms with E-state index in [1.807, 2.05) is 9.80 Å². The van der Waals surface area contributed by atoms with Crippen molar-refractivity contribution in [1.82, 2.24) is 9.80 Å². The molecule has 0 saturated heterocycles. The Morgan fingerprint density at radius 2 is 1.05 bits per heavy atom. The third-order valence-electron chi connectivity index (χ3n) is 8.26. The van der Waals surface area contributed by atoms with Crippen molar-refractivity contribution in [2.75, 3.05) is 13.1 Å². The molecular weight excluding hydrogens is 557 g/mol. The summed E-state index contributed by atoms with van der Waals surface area (Å²) in [6, 6.07) is 21.5. The maximum absolute atomic E-state index is 12.1. The zero-order valence-electron chi connectivity index (χ0n) is 24.9. The van der Waals surface area contributed by atoms with Gasteiger partial charge in [-0.1, -0.05) is 61.7 Å². The first-order valence-corrected chi connectivity index (χ1v) is 16.0. The van der Waals surface area contributed by atoms with Crippen molar-refractivity contribution in [3.63, 3.8) is 0 Å². The van der Waals surface area contributed by atoms with Crippen molar-refractivity contribution in [1.29, 1.82) is 0 Å². The summed E-state index contributed by atoms with van der Waals surface area (Å²) in [5, 5.41) is 0. The molecule has 4 nitrogen and oxygen atoms in total. The predicted molar refractivity (Wildman–Crippen MR) is 175 cm³/mol. The largest absolute Gasteiger partial charge is 0.333 e. The number of rotatable bonds is 4. The van der Waals surface area contributed by atoms with Crippen LogP contribution >= 0.6 is 22.7 Å². The topological polar surface area (TPSA) is 40.6 Å². The number of benzene rings is 2. The summed E-state index contributed by atoms with van der Waals surface area (Å²) in [7, 11) is 0. The van der Waals surface area contributed by atoms with E-state index in [-0.39, 0.29) is 23.7 Å². The van der Waals surface area contributed by atoms with Gasteiger partial charge in [-0.05, 0) is 85.4 Å². The first-order valence-electron chi connectivity index (χ1n) is 14.3. The summed E-state index contributed by atoms with van der Waals surface area (Å²) in [6.07, 6.45) is 2.83. The van der Waals surface area contributed by atoms with E-state index in [2.05, 4.69) is 102 Å². The maximum Gasteiger partial charge on any atom is 0.246 e. The van der Waals surface area contributed by atoms with Crippen molar-refractivity contribution < 1.29 is 9.59 Å². The Balaban J connectivity index is 0.000000168. The van der Waals surface area contributed by atoms with Gasteiger partial charge in [0.05, 0.1) is 13.1 Å². The molecule has 6 heteroatoms. The zero-order chi connectivity index (χ0) is 30.0. The molecule has 4 heterocycles. The quantitative estimate of drug-likeness (QED) is 0.224. The molecule has 0 N–H and O–H groups in total. The number of aryl methyl sites for hydroxylation is 4. The Kier molecular flexibility index (Phi) is 8.95. The fraction of sp³-hybridized carbons (Fsp3) is 0.278. The number of hydrogen-bond acceptors (Lipinski definition) is 4. The third kappa shape index (κ3) is 6.06. The molecule has 2 amide bonds. The average molecular weight is 595 g/mol. The predicted octanol–water partition coefficient (Wildman–Crippen LogP) is 8.05. The van der Waals surface area contributed by atoms with Gasteiger partial charge in [-0.15, -0.1) is 22.7 Å². The van der Waals surface area contributed by atoms with E-state index in [0.29, 0.717) is 13.1 Å². The lowest BCUT2D eigenvalue weighted by molar-refractivity contribution is -0.127. The van der Waals surface area contributed by atoms with Gasteiger partial charge in [0.15, 0.2) is 0 Å². The molecule has 2 aromatic carbocycles. The number of carbonyl (C=O) groups excluding carboxylic acids is 2. The Morgan fingerprint density at radius 1 is 0.667 bits per heavy atom. The molecule has 0 saturated carbocycles. The molecule has 2 aromatic heterocycles. The number of fused-ring (bicyclic) bond motifs is 2. The van der Waals surface area contributed by atoms with Crippen LogP contribution in [0, 0.1) is 27.7 Å². The van der Waals surface area contributed by atoms with Crippen molar-refractivity contribution in [3.05, 3.63) is 139 Å². The van der Waals surface area contributed by atoms with Gasteiger partial charge >= 0.3 is 0 Å². The lowest BCUT2D eigenvalue weighted by Crippen LogP contribution is -2.37. The normalized spacial score (nSPS) is 17.4. The Bertz CT molecular complexity index is 1520. The van der Waals surface area contributed by atoms with E-state index in [0.717, 1.165) is 13.1 Å². The van der Waals surface area contributed by atoms with E-state index in [4.69, 9.17) is 0 Å². The Labute approximate surface area is 257 Å². The summed E-state index contributed by atoms with van der Waals surface area (Å²) < 4.78 is 0. The Morgan fingerprint density at radius 3 is 1.40 bits per heavy atom. The molecule has 0 bridgehead atoms. The van der Waals surface area contributed by atoms with Gasteiger partial charge in [0.2, 0.25) is 11.8 Å². The molecule has 2 aliphatic heterocycles. The van der Waals surface area contributed by atoms with Gasteiger partial charge in [0.25, 0.3) is 0 Å². The van der Waals surface area contributed by atoms with Crippen LogP contribution in [0.25, 0.3) is 0 Å². The molecular formula is C36H38N2O2S2. The standard InChI is InChI=1S/2C18H19NOS/c2*1-4-18(20)19-10-16(14-8-6-5-7-12(14)2)15-9-13(3)21-17(15)11-19/h2*4-9,16H,1,10-11H2,2-3H3/t2*16-/m10/s1. The molecule has 0 spiro atoms. The van der Waals surface area contributed by atoms with Crippen LogP contribution in [0.1, 0.15) is 64.7 Å². The van der Waals surface area contributed by atoms with Crippen LogP contribution in [-0.4, -0.2) is 34.7 Å². The summed E-state index contributed by atoms with van der Waals surface area (Å²) in [5.41, 5.74) is 7.98. The van der Waals surface area contributed by atoms with Gasteiger partial charge in [0.1, 0.15) is 0 Å². The van der Waals surface area contributed by atoms with Crippen LogP contribution in [0.3, 0.4) is 0 Å². The van der Waals surface area contributed by atoms with Gasteiger partial charge in [0, 0.05) is 44.4 Å². The highest BCUT2D eigenvalue weighted by Gasteiger charge is 2.32. The minimum Gasteiger partial charge on any atom is -0.333 e. The monoisotopic (exact) mass is 594 g/mol. The van der Waals surface area contributed by atoms with Crippen molar-refractivity contribution >= 4 is 34.5 Å². The van der Waals surface area contributed by atoms with E-state index in [1.54, 1.807) is 22.7 Å². The highest BCUT2D eigenvalue weighted by atomic mass is 32.1. The molecule has 216 valence electrons. The van der Waals surface area contributed by atoms with Gasteiger partial charge in [-0.25, -0.2) is 0 Å². The molecule has 4 aromatic rings. The smallest absolute Gasteiger partial charge is 0.246 e. The summed E-state index contributed by atoms with van der Waals surface area (Å²) in [6.45, 7) is 18.7. The molecule has 6 rings (SSSR count). The number of carbonyl (C=O) groups is 2. The number of thiophene rings is 2. The van der Waals surface area contributed by atoms with E-state index in [9.17, 15) is 9.59 Å². The molecule has 0 aliphatic carbocycles. The second-order valence-electron chi connectivity index (χ2n) is 11.1. The number of amides is 2. The molecule has 2 aliphatic rings. The van der Waals surface area contributed by atoms with Crippen LogP contribution < -0.4 is 0 Å². The second kappa shape index (κ2) is 12.6. The molecule has 2 atom stereocenters. The van der Waals surface area contributed by atoms with Crippen LogP contribution in [0.2, 0.25) is 0 Å². The summed E-state index contributed by atoms with van der Waals surface area (Å²) >= 11 is 3.60. The van der Waals surface area contributed by atoms with Crippen molar-refractivity contribution in [3.8, 4) is 0 Å². The van der Waals surface area contributed by atoms with Crippen LogP contribution in [0.4, 0.5) is 0 Å². The second-order valence-corrected chi connectivity index (χ2v) is 13.8. The molecule has 0 fully saturated rings. The lowest BCUT2D eigenvalue weighted by Gasteiger charge is -2.33. The van der Waals surface area contributed by atoms with Gasteiger partial charge < -0.3 is 9.80 Å². The number of hydrogen-bond donors (Lipinski definition) is 0. The lowest BCUT2D eigenvalue weighted by atomic mass is 9.86. The number of nitrogens with zero attached hydrogens (tertiary/aromatic N) is 2. The summed E-state index contributed by atoms with van der Waals surface area (Å²) in [5.74, 6) is 0.572. The fourth-order valence-electron chi connectivity index (χ4n) is 6.20. The van der Waals surface area contributed by atoms with E-state index < -0.39 is 0 Å². The highest BCUT2D eigenvalue weighted by molar-refractivity contribution is 7.12. The summed E-state index contributed by atoms with van der Waals surface area (Å²) in [4.78, 5) is 33.2. The fourth-order valence-corrected chi connectivity index (χ4v) is 8.42. The molecule has 42 heavy (non-hydrogen) atoms. The minimum atomic E-state index is 0.0188. The minimum absolute atomic E-state index is 0.0188. The Hall–Kier alpha value is -3.74. The first kappa shape index (κ1) is 29.7. The zero-order valence-corrected chi connectivity index (χ0v) is 26.5. The van der Waals surface area contributed by atoms with Gasteiger partial charge in [-0.2, -0.15) is 0 Å².